The van der Waals surface area contributed by atoms with Crippen molar-refractivity contribution >= 4 is 21.4 Å². The Morgan fingerprint density at radius 2 is 2.17 bits per heavy atom. The number of benzene rings is 1. The average molecular weight is 257 g/mol. The van der Waals surface area contributed by atoms with Crippen LogP contribution in [-0.2, 0) is 13.6 Å². The van der Waals surface area contributed by atoms with Gasteiger partial charge in [0.15, 0.2) is 0 Å². The first kappa shape index (κ1) is 11.4. The lowest BCUT2D eigenvalue weighted by molar-refractivity contribution is 0.798. The molecule has 2 heterocycles. The molecule has 0 atom stereocenters. The van der Waals surface area contributed by atoms with Gasteiger partial charge in [0.25, 0.3) is 0 Å². The number of aromatic nitrogens is 2. The number of imidazole rings is 1. The van der Waals surface area contributed by atoms with Gasteiger partial charge in [-0.05, 0) is 13.1 Å². The standard InChI is InChI=1S/C14H15N3S/c1-15-7-12-14(17(2)9-16-12)11-8-18-13-6-4-3-5-10(11)13/h3-6,8-9,15H,7H2,1-2H3. The molecule has 0 spiro atoms. The Labute approximate surface area is 110 Å². The molecule has 0 aliphatic heterocycles. The van der Waals surface area contributed by atoms with E-state index in [0.29, 0.717) is 0 Å². The zero-order valence-corrected chi connectivity index (χ0v) is 11.3. The molecule has 0 aliphatic carbocycles. The van der Waals surface area contributed by atoms with Gasteiger partial charge in [-0.15, -0.1) is 11.3 Å². The molecule has 0 fully saturated rings. The molecule has 3 nitrogen and oxygen atoms in total. The van der Waals surface area contributed by atoms with Crippen molar-refractivity contribution < 1.29 is 0 Å². The van der Waals surface area contributed by atoms with E-state index in [4.69, 9.17) is 0 Å². The van der Waals surface area contributed by atoms with E-state index < -0.39 is 0 Å². The number of nitrogens with one attached hydrogen (secondary N) is 1. The van der Waals surface area contributed by atoms with Gasteiger partial charge in [-0.3, -0.25) is 0 Å². The van der Waals surface area contributed by atoms with Crippen molar-refractivity contribution in [1.29, 1.82) is 0 Å². The molecule has 0 bridgehead atoms. The molecule has 3 rings (SSSR count). The Balaban J connectivity index is 2.22. The smallest absolute Gasteiger partial charge is 0.0952 e. The predicted octanol–water partition coefficient (Wildman–Crippen LogP) is 3.02. The first-order chi connectivity index (χ1) is 8.81. The van der Waals surface area contributed by atoms with Crippen LogP contribution < -0.4 is 5.32 Å². The molecule has 0 saturated heterocycles. The zero-order chi connectivity index (χ0) is 12.5. The fourth-order valence-corrected chi connectivity index (χ4v) is 3.23. The van der Waals surface area contributed by atoms with Gasteiger partial charge < -0.3 is 9.88 Å². The van der Waals surface area contributed by atoms with Crippen LogP contribution in [0.4, 0.5) is 0 Å². The Bertz CT molecular complexity index is 681. The number of rotatable bonds is 3. The summed E-state index contributed by atoms with van der Waals surface area (Å²) in [5.41, 5.74) is 3.59. The van der Waals surface area contributed by atoms with E-state index in [1.807, 2.05) is 20.4 Å². The fraction of sp³-hybridized carbons (Fsp3) is 0.214. The van der Waals surface area contributed by atoms with Gasteiger partial charge in [-0.1, -0.05) is 18.2 Å². The molecule has 0 saturated carbocycles. The maximum absolute atomic E-state index is 4.47. The summed E-state index contributed by atoms with van der Waals surface area (Å²) in [6.45, 7) is 0.792. The van der Waals surface area contributed by atoms with Crippen LogP contribution in [0.5, 0.6) is 0 Å². The van der Waals surface area contributed by atoms with Crippen LogP contribution in [-0.4, -0.2) is 16.6 Å². The molecule has 0 unspecified atom stereocenters. The van der Waals surface area contributed by atoms with E-state index in [-0.39, 0.29) is 0 Å². The Morgan fingerprint density at radius 3 is 3.00 bits per heavy atom. The second-order valence-corrected chi connectivity index (χ2v) is 5.24. The maximum atomic E-state index is 4.47. The fourth-order valence-electron chi connectivity index (χ4n) is 2.28. The maximum Gasteiger partial charge on any atom is 0.0952 e. The Morgan fingerprint density at radius 1 is 1.33 bits per heavy atom. The SMILES string of the molecule is CNCc1ncn(C)c1-c1csc2ccccc12. The van der Waals surface area contributed by atoms with Gasteiger partial charge in [0.05, 0.1) is 17.7 Å². The second-order valence-electron chi connectivity index (χ2n) is 4.33. The van der Waals surface area contributed by atoms with E-state index in [2.05, 4.69) is 44.5 Å². The first-order valence-corrected chi connectivity index (χ1v) is 6.80. The third-order valence-corrected chi connectivity index (χ3v) is 4.06. The van der Waals surface area contributed by atoms with Crippen molar-refractivity contribution in [3.63, 3.8) is 0 Å². The highest BCUT2D eigenvalue weighted by Gasteiger charge is 2.14. The van der Waals surface area contributed by atoms with Gasteiger partial charge in [0.2, 0.25) is 0 Å². The van der Waals surface area contributed by atoms with Crippen LogP contribution in [0, 0.1) is 0 Å². The minimum Gasteiger partial charge on any atom is -0.333 e. The van der Waals surface area contributed by atoms with Crippen LogP contribution >= 0.6 is 11.3 Å². The summed E-state index contributed by atoms with van der Waals surface area (Å²) in [4.78, 5) is 4.47. The van der Waals surface area contributed by atoms with Crippen LogP contribution in [0.1, 0.15) is 5.69 Å². The van der Waals surface area contributed by atoms with Crippen LogP contribution in [0.25, 0.3) is 21.3 Å². The molecule has 3 aromatic rings. The number of hydrogen-bond donors (Lipinski definition) is 1. The van der Waals surface area contributed by atoms with Gasteiger partial charge in [0.1, 0.15) is 0 Å². The monoisotopic (exact) mass is 257 g/mol. The number of aryl methyl sites for hydroxylation is 1. The van der Waals surface area contributed by atoms with Crippen molar-refractivity contribution in [2.45, 2.75) is 6.54 Å². The van der Waals surface area contributed by atoms with E-state index in [9.17, 15) is 0 Å². The van der Waals surface area contributed by atoms with E-state index in [1.54, 1.807) is 11.3 Å². The van der Waals surface area contributed by atoms with Gasteiger partial charge in [-0.2, -0.15) is 0 Å². The minimum atomic E-state index is 0.792. The zero-order valence-electron chi connectivity index (χ0n) is 10.5. The summed E-state index contributed by atoms with van der Waals surface area (Å²) >= 11 is 1.79. The van der Waals surface area contributed by atoms with Crippen LogP contribution in [0.2, 0.25) is 0 Å². The molecule has 0 radical (unpaired) electrons. The lowest BCUT2D eigenvalue weighted by Gasteiger charge is -2.05. The highest BCUT2D eigenvalue weighted by Crippen LogP contribution is 2.34. The summed E-state index contributed by atoms with van der Waals surface area (Å²) in [7, 11) is 4.00. The average Bonchev–Trinajstić information content (AvgIpc) is 2.94. The summed E-state index contributed by atoms with van der Waals surface area (Å²) in [6.07, 6.45) is 1.88. The normalized spacial score (nSPS) is 11.2. The second kappa shape index (κ2) is 4.55. The highest BCUT2D eigenvalue weighted by molar-refractivity contribution is 7.17. The molecule has 4 heteroatoms. The predicted molar refractivity (Wildman–Crippen MR) is 76.8 cm³/mol. The number of hydrogen-bond acceptors (Lipinski definition) is 3. The molecule has 0 aliphatic rings. The van der Waals surface area contributed by atoms with E-state index >= 15 is 0 Å². The third kappa shape index (κ3) is 1.74. The molecule has 18 heavy (non-hydrogen) atoms. The first-order valence-electron chi connectivity index (χ1n) is 5.92. The topological polar surface area (TPSA) is 29.9 Å². The minimum absolute atomic E-state index is 0.792. The Hall–Kier alpha value is -1.65. The highest BCUT2D eigenvalue weighted by atomic mass is 32.1. The molecule has 0 amide bonds. The largest absolute Gasteiger partial charge is 0.333 e. The molecular weight excluding hydrogens is 242 g/mol. The van der Waals surface area contributed by atoms with Gasteiger partial charge in [-0.25, -0.2) is 4.98 Å². The summed E-state index contributed by atoms with van der Waals surface area (Å²) in [5, 5.41) is 6.71. The van der Waals surface area contributed by atoms with Crippen molar-refractivity contribution in [2.24, 2.45) is 7.05 Å². The Kier molecular flexibility index (Phi) is 2.89. The van der Waals surface area contributed by atoms with Gasteiger partial charge >= 0.3 is 0 Å². The van der Waals surface area contributed by atoms with Crippen LogP contribution in [0.15, 0.2) is 36.0 Å². The molecule has 92 valence electrons. The van der Waals surface area contributed by atoms with Crippen molar-refractivity contribution in [3.05, 3.63) is 41.7 Å². The van der Waals surface area contributed by atoms with E-state index in [1.165, 1.54) is 21.3 Å². The molecule has 1 aromatic carbocycles. The quantitative estimate of drug-likeness (QED) is 0.781. The lowest BCUT2D eigenvalue weighted by atomic mass is 10.1. The summed E-state index contributed by atoms with van der Waals surface area (Å²) in [6, 6.07) is 8.52. The summed E-state index contributed by atoms with van der Waals surface area (Å²) in [5.74, 6) is 0. The number of fused-ring (bicyclic) bond motifs is 1. The molecule has 1 N–H and O–H groups in total. The molecule has 2 aromatic heterocycles. The lowest BCUT2D eigenvalue weighted by Crippen LogP contribution is -2.07. The van der Waals surface area contributed by atoms with Crippen molar-refractivity contribution in [2.75, 3.05) is 7.05 Å². The number of thiophene rings is 1. The van der Waals surface area contributed by atoms with Crippen molar-refractivity contribution in [3.8, 4) is 11.3 Å². The van der Waals surface area contributed by atoms with Crippen molar-refractivity contribution in [1.82, 2.24) is 14.9 Å². The van der Waals surface area contributed by atoms with Gasteiger partial charge in [0, 0.05) is 34.6 Å². The number of nitrogens with zero attached hydrogens (tertiary/aromatic N) is 2. The summed E-state index contributed by atoms with van der Waals surface area (Å²) < 4.78 is 3.42. The van der Waals surface area contributed by atoms with E-state index in [0.717, 1.165) is 12.2 Å². The van der Waals surface area contributed by atoms with Crippen LogP contribution in [0.3, 0.4) is 0 Å². The molecular formula is C14H15N3S. The third-order valence-electron chi connectivity index (χ3n) is 3.09.